The van der Waals surface area contributed by atoms with Crippen LogP contribution in [0.15, 0.2) is 85.1 Å². The lowest BCUT2D eigenvalue weighted by atomic mass is 9.98. The Morgan fingerprint density at radius 3 is 2.51 bits per heavy atom. The molecule has 1 aromatic heterocycles. The van der Waals surface area contributed by atoms with Gasteiger partial charge in [-0.3, -0.25) is 9.48 Å². The summed E-state index contributed by atoms with van der Waals surface area (Å²) in [5.74, 6) is -2.00. The van der Waals surface area contributed by atoms with Crippen molar-refractivity contribution in [3.63, 3.8) is 0 Å². The summed E-state index contributed by atoms with van der Waals surface area (Å²) in [6.45, 7) is 0.127. The number of amides is 1. The summed E-state index contributed by atoms with van der Waals surface area (Å²) < 4.78 is 15.0. The number of benzene rings is 4. The molecule has 0 saturated carbocycles. The number of halogens is 1. The van der Waals surface area contributed by atoms with Gasteiger partial charge in [-0.25, -0.2) is 4.39 Å². The molecule has 0 unspecified atom stereocenters. The Kier molecular flexibility index (Phi) is 6.33. The topological polar surface area (TPSA) is 108 Å². The summed E-state index contributed by atoms with van der Waals surface area (Å²) in [5, 5.41) is 39.3. The number of aliphatic hydroxyl groups excluding tert-OH is 1. The van der Waals surface area contributed by atoms with Crippen molar-refractivity contribution in [2.45, 2.75) is 12.6 Å². The summed E-state index contributed by atoms with van der Waals surface area (Å²) >= 11 is 0. The number of fused-ring (bicyclic) bond motifs is 1. The number of hydrogen-bond donors (Lipinski definition) is 4. The average molecular weight is 498 g/mol. The minimum Gasteiger partial charge on any atom is -0.504 e. The maximum atomic E-state index is 13.3. The molecule has 4 N–H and O–H groups in total. The molecule has 0 fully saturated rings. The van der Waals surface area contributed by atoms with Gasteiger partial charge in [0.2, 0.25) is 0 Å². The monoisotopic (exact) mass is 497 g/mol. The molecule has 5 aromatic rings. The van der Waals surface area contributed by atoms with Gasteiger partial charge in [0.15, 0.2) is 11.5 Å². The van der Waals surface area contributed by atoms with Crippen LogP contribution in [0, 0.1) is 5.82 Å². The predicted molar refractivity (Wildman–Crippen MR) is 138 cm³/mol. The highest BCUT2D eigenvalue weighted by atomic mass is 19.1. The van der Waals surface area contributed by atoms with Crippen LogP contribution in [-0.4, -0.2) is 31.0 Å². The van der Waals surface area contributed by atoms with E-state index < -0.39 is 29.3 Å². The van der Waals surface area contributed by atoms with Crippen LogP contribution in [0.5, 0.6) is 11.5 Å². The van der Waals surface area contributed by atoms with Gasteiger partial charge in [-0.05, 0) is 64.2 Å². The quantitative estimate of drug-likeness (QED) is 0.252. The highest BCUT2D eigenvalue weighted by Crippen LogP contribution is 2.35. The standard InChI is InChI=1S/C29H24FN3O4/c1-33-25-10-7-20(12-22(25)16-32-33)27(35)19-4-2-3-17(11-19)15-31-29(37)24-13-21(14-26(34)28(24)36)18-5-8-23(30)9-6-18/h2-14,16,27,34-36H,15H2,1H3,(H,31,37)/t27-/m1/s1. The van der Waals surface area contributed by atoms with E-state index in [0.29, 0.717) is 16.7 Å². The normalized spacial score (nSPS) is 12.0. The maximum absolute atomic E-state index is 13.3. The van der Waals surface area contributed by atoms with Crippen molar-refractivity contribution < 1.29 is 24.5 Å². The number of hydrogen-bond acceptors (Lipinski definition) is 5. The molecule has 0 aliphatic carbocycles. The number of aryl methyl sites for hydroxylation is 1. The van der Waals surface area contributed by atoms with Crippen LogP contribution < -0.4 is 5.32 Å². The van der Waals surface area contributed by atoms with Gasteiger partial charge in [-0.1, -0.05) is 42.5 Å². The van der Waals surface area contributed by atoms with Gasteiger partial charge in [-0.15, -0.1) is 0 Å². The van der Waals surface area contributed by atoms with E-state index in [-0.39, 0.29) is 12.1 Å². The first-order valence-corrected chi connectivity index (χ1v) is 11.6. The Morgan fingerprint density at radius 1 is 0.973 bits per heavy atom. The largest absolute Gasteiger partial charge is 0.504 e. The van der Waals surface area contributed by atoms with Gasteiger partial charge in [0.25, 0.3) is 5.91 Å². The number of rotatable bonds is 6. The summed E-state index contributed by atoms with van der Waals surface area (Å²) in [6.07, 6.45) is 0.879. The maximum Gasteiger partial charge on any atom is 0.255 e. The van der Waals surface area contributed by atoms with E-state index in [1.165, 1.54) is 36.4 Å². The summed E-state index contributed by atoms with van der Waals surface area (Å²) in [5.41, 5.74) is 4.01. The van der Waals surface area contributed by atoms with Crippen LogP contribution >= 0.6 is 0 Å². The first kappa shape index (κ1) is 24.0. The number of aliphatic hydroxyl groups is 1. The molecular formula is C29H24FN3O4. The molecule has 5 rings (SSSR count). The molecule has 8 heteroatoms. The van der Waals surface area contributed by atoms with Crippen molar-refractivity contribution >= 4 is 16.8 Å². The first-order chi connectivity index (χ1) is 17.8. The molecular weight excluding hydrogens is 473 g/mol. The number of carbonyl (C=O) groups is 1. The van der Waals surface area contributed by atoms with Gasteiger partial charge < -0.3 is 20.6 Å². The molecule has 0 bridgehead atoms. The van der Waals surface area contributed by atoms with E-state index in [0.717, 1.165) is 22.0 Å². The van der Waals surface area contributed by atoms with Crippen LogP contribution in [0.25, 0.3) is 22.0 Å². The highest BCUT2D eigenvalue weighted by Gasteiger charge is 2.18. The number of carbonyl (C=O) groups excluding carboxylic acids is 1. The summed E-state index contributed by atoms with van der Waals surface area (Å²) in [7, 11) is 1.86. The van der Waals surface area contributed by atoms with Gasteiger partial charge in [0.05, 0.1) is 17.3 Å². The second-order valence-corrected chi connectivity index (χ2v) is 8.82. The Bertz CT molecular complexity index is 1610. The molecule has 37 heavy (non-hydrogen) atoms. The molecule has 0 saturated heterocycles. The number of aromatic nitrogens is 2. The fourth-order valence-corrected chi connectivity index (χ4v) is 4.30. The van der Waals surface area contributed by atoms with Crippen LogP contribution in [-0.2, 0) is 13.6 Å². The van der Waals surface area contributed by atoms with Crippen molar-refractivity contribution in [1.82, 2.24) is 15.1 Å². The average Bonchev–Trinajstić information content (AvgIpc) is 3.28. The third kappa shape index (κ3) is 4.87. The number of aromatic hydroxyl groups is 2. The van der Waals surface area contributed by atoms with Crippen molar-refractivity contribution in [2.75, 3.05) is 0 Å². The fourth-order valence-electron chi connectivity index (χ4n) is 4.30. The van der Waals surface area contributed by atoms with Crippen molar-refractivity contribution in [3.8, 4) is 22.6 Å². The molecule has 7 nitrogen and oxygen atoms in total. The van der Waals surface area contributed by atoms with E-state index >= 15 is 0 Å². The summed E-state index contributed by atoms with van der Waals surface area (Å²) in [6, 6.07) is 21.2. The lowest BCUT2D eigenvalue weighted by Crippen LogP contribution is -2.23. The zero-order valence-corrected chi connectivity index (χ0v) is 19.9. The first-order valence-electron chi connectivity index (χ1n) is 11.6. The third-order valence-electron chi connectivity index (χ3n) is 6.32. The van der Waals surface area contributed by atoms with Gasteiger partial charge in [-0.2, -0.15) is 5.10 Å². The molecule has 1 heterocycles. The van der Waals surface area contributed by atoms with Gasteiger partial charge in [0.1, 0.15) is 11.9 Å². The Hall–Kier alpha value is -4.69. The number of phenolic OH excluding ortho intramolecular Hbond substituents is 2. The predicted octanol–water partition coefficient (Wildman–Crippen LogP) is 4.80. The minimum absolute atomic E-state index is 0.111. The third-order valence-corrected chi connectivity index (χ3v) is 6.32. The number of phenols is 2. The van der Waals surface area contributed by atoms with Crippen molar-refractivity contribution in [1.29, 1.82) is 0 Å². The number of nitrogens with zero attached hydrogens (tertiary/aromatic N) is 2. The zero-order chi connectivity index (χ0) is 26.1. The lowest BCUT2D eigenvalue weighted by Gasteiger charge is -2.14. The molecule has 0 radical (unpaired) electrons. The summed E-state index contributed by atoms with van der Waals surface area (Å²) in [4.78, 5) is 12.9. The van der Waals surface area contributed by atoms with Crippen molar-refractivity contribution in [2.24, 2.45) is 7.05 Å². The zero-order valence-electron chi connectivity index (χ0n) is 19.9. The molecule has 0 aliphatic rings. The smallest absolute Gasteiger partial charge is 0.255 e. The van der Waals surface area contributed by atoms with Gasteiger partial charge in [0, 0.05) is 19.0 Å². The minimum atomic E-state index is -0.867. The van der Waals surface area contributed by atoms with Crippen LogP contribution in [0.4, 0.5) is 4.39 Å². The van der Waals surface area contributed by atoms with E-state index in [2.05, 4.69) is 10.4 Å². The lowest BCUT2D eigenvalue weighted by molar-refractivity contribution is 0.0947. The number of nitrogens with one attached hydrogen (secondary N) is 1. The van der Waals surface area contributed by atoms with Crippen LogP contribution in [0.1, 0.15) is 33.2 Å². The van der Waals surface area contributed by atoms with E-state index in [9.17, 15) is 24.5 Å². The SMILES string of the molecule is Cn1ncc2cc([C@H](O)c3cccc(CNC(=O)c4cc(-c5ccc(F)cc5)cc(O)c4O)c3)ccc21. The molecule has 1 atom stereocenters. The molecule has 186 valence electrons. The van der Waals surface area contributed by atoms with E-state index in [1.54, 1.807) is 29.1 Å². The Morgan fingerprint density at radius 2 is 1.73 bits per heavy atom. The van der Waals surface area contributed by atoms with Crippen molar-refractivity contribution in [3.05, 3.63) is 113 Å². The second-order valence-electron chi connectivity index (χ2n) is 8.82. The molecule has 0 aliphatic heterocycles. The Labute approximate surface area is 212 Å². The molecule has 1 amide bonds. The molecule has 4 aromatic carbocycles. The van der Waals surface area contributed by atoms with E-state index in [4.69, 9.17) is 0 Å². The van der Waals surface area contributed by atoms with Gasteiger partial charge >= 0.3 is 0 Å². The molecule has 0 spiro atoms. The highest BCUT2D eigenvalue weighted by molar-refractivity contribution is 5.99. The second kappa shape index (κ2) is 9.75. The Balaban J connectivity index is 1.33. The van der Waals surface area contributed by atoms with Crippen LogP contribution in [0.3, 0.4) is 0 Å². The van der Waals surface area contributed by atoms with Crippen LogP contribution in [0.2, 0.25) is 0 Å². The van der Waals surface area contributed by atoms with E-state index in [1.807, 2.05) is 31.3 Å². The fraction of sp³-hybridized carbons (Fsp3) is 0.103.